The fourth-order valence-electron chi connectivity index (χ4n) is 4.27. The summed E-state index contributed by atoms with van der Waals surface area (Å²) < 4.78 is 30.6. The van der Waals surface area contributed by atoms with E-state index in [0.717, 1.165) is 55.2 Å². The van der Waals surface area contributed by atoms with Gasteiger partial charge in [0.1, 0.15) is 23.8 Å². The van der Waals surface area contributed by atoms with E-state index in [1.807, 2.05) is 36.3 Å². The van der Waals surface area contributed by atoms with Crippen LogP contribution in [-0.2, 0) is 13.1 Å². The molecule has 1 N–H and O–H groups in total. The first-order valence-electron chi connectivity index (χ1n) is 12.5. The van der Waals surface area contributed by atoms with Crippen LogP contribution in [0.5, 0.6) is 0 Å². The topological polar surface area (TPSA) is 61.6 Å². The molecule has 3 rings (SSSR count). The summed E-state index contributed by atoms with van der Waals surface area (Å²) in [5, 5.41) is 11.7. The van der Waals surface area contributed by atoms with Gasteiger partial charge in [-0.1, -0.05) is 25.4 Å². The summed E-state index contributed by atoms with van der Waals surface area (Å²) in [5.41, 5.74) is 1.99. The highest BCUT2D eigenvalue weighted by atomic mass is 35.5. The predicted octanol–water partition coefficient (Wildman–Crippen LogP) is 5.45. The maximum atomic E-state index is 14.6. The minimum absolute atomic E-state index is 0.0898. The van der Waals surface area contributed by atoms with Gasteiger partial charge in [-0.15, -0.1) is 10.2 Å². The number of piperazine rings is 1. The van der Waals surface area contributed by atoms with Crippen LogP contribution in [0.3, 0.4) is 0 Å². The minimum Gasteiger partial charge on any atom is -0.380 e. The van der Waals surface area contributed by atoms with Gasteiger partial charge in [-0.2, -0.15) is 0 Å². The Morgan fingerprint density at radius 2 is 1.89 bits per heavy atom. The molecule has 196 valence electrons. The molecule has 0 amide bonds. The molecule has 0 spiro atoms. The van der Waals surface area contributed by atoms with E-state index in [9.17, 15) is 8.78 Å². The van der Waals surface area contributed by atoms with Crippen molar-refractivity contribution in [3.63, 3.8) is 0 Å². The number of amidine groups is 1. The van der Waals surface area contributed by atoms with E-state index >= 15 is 0 Å². The molecular formula is C26H36ClF2N7. The van der Waals surface area contributed by atoms with E-state index < -0.39 is 11.6 Å². The van der Waals surface area contributed by atoms with Gasteiger partial charge in [-0.3, -0.25) is 9.47 Å². The number of aliphatic imine (C=N–C) groups is 1. The summed E-state index contributed by atoms with van der Waals surface area (Å²) in [7, 11) is 0. The Kier molecular flexibility index (Phi) is 10.0. The average Bonchev–Trinajstić information content (AvgIpc) is 3.31. The molecule has 0 aliphatic carbocycles. The summed E-state index contributed by atoms with van der Waals surface area (Å²) in [6, 6.07) is 2.15. The quantitative estimate of drug-likeness (QED) is 0.423. The number of halogens is 3. The zero-order valence-corrected chi connectivity index (χ0v) is 22.5. The number of hydrogen-bond acceptors (Lipinski definition) is 5. The molecule has 36 heavy (non-hydrogen) atoms. The maximum Gasteiger partial charge on any atom is 0.154 e. The fourth-order valence-corrected chi connectivity index (χ4v) is 4.48. The summed E-state index contributed by atoms with van der Waals surface area (Å²) in [5.74, 6) is 0.889. The standard InChI is InChI=1S/C26H36ClF2N7/c1-6-12-34(13-7-2)16-23-33-31-17-36(23)22(8-3)32-26-25(18(4)5)30-11-14-35(26)15-19-20(28)9-10-21(29)24(19)27/h8-10,17,30H,6-7,11-16H2,1-5H3/b22-8+,32-26?. The van der Waals surface area contributed by atoms with E-state index in [0.29, 0.717) is 31.3 Å². The molecule has 1 aliphatic rings. The summed E-state index contributed by atoms with van der Waals surface area (Å²) >= 11 is 6.15. The van der Waals surface area contributed by atoms with Crippen molar-refractivity contribution in [2.45, 2.75) is 60.5 Å². The number of nitrogens with one attached hydrogen (secondary N) is 1. The van der Waals surface area contributed by atoms with Gasteiger partial charge < -0.3 is 10.2 Å². The van der Waals surface area contributed by atoms with Crippen molar-refractivity contribution in [3.05, 3.63) is 63.9 Å². The Morgan fingerprint density at radius 3 is 2.53 bits per heavy atom. The molecule has 0 bridgehead atoms. The number of rotatable bonds is 10. The fraction of sp³-hybridized carbons (Fsp3) is 0.500. The van der Waals surface area contributed by atoms with Gasteiger partial charge in [0.05, 0.1) is 17.3 Å². The van der Waals surface area contributed by atoms with Crippen LogP contribution in [-0.4, -0.2) is 56.6 Å². The normalized spacial score (nSPS) is 15.7. The van der Waals surface area contributed by atoms with Gasteiger partial charge >= 0.3 is 0 Å². The lowest BCUT2D eigenvalue weighted by atomic mass is 10.1. The summed E-state index contributed by atoms with van der Waals surface area (Å²) in [4.78, 5) is 9.29. The van der Waals surface area contributed by atoms with Crippen LogP contribution in [0.4, 0.5) is 8.78 Å². The molecule has 0 unspecified atom stereocenters. The van der Waals surface area contributed by atoms with Gasteiger partial charge in [0.15, 0.2) is 11.7 Å². The number of benzene rings is 1. The Hall–Kier alpha value is -2.78. The first-order valence-corrected chi connectivity index (χ1v) is 12.8. The minimum atomic E-state index is -0.642. The van der Waals surface area contributed by atoms with Crippen LogP contribution < -0.4 is 5.32 Å². The molecule has 2 aromatic rings. The molecular weight excluding hydrogens is 484 g/mol. The van der Waals surface area contributed by atoms with Gasteiger partial charge in [0.25, 0.3) is 0 Å². The second-order valence-electron chi connectivity index (χ2n) is 9.02. The predicted molar refractivity (Wildman–Crippen MR) is 141 cm³/mol. The highest BCUT2D eigenvalue weighted by molar-refractivity contribution is 6.31. The van der Waals surface area contributed by atoms with Crippen LogP contribution in [0.2, 0.25) is 5.02 Å². The largest absolute Gasteiger partial charge is 0.380 e. The molecule has 0 radical (unpaired) electrons. The lowest BCUT2D eigenvalue weighted by Gasteiger charge is -2.34. The summed E-state index contributed by atoms with van der Waals surface area (Å²) in [6.07, 6.45) is 5.67. The Morgan fingerprint density at radius 1 is 1.19 bits per heavy atom. The Balaban J connectivity index is 2.01. The van der Waals surface area contributed by atoms with E-state index in [4.69, 9.17) is 16.6 Å². The zero-order valence-electron chi connectivity index (χ0n) is 21.8. The third kappa shape index (κ3) is 6.50. The van der Waals surface area contributed by atoms with Crippen molar-refractivity contribution in [3.8, 4) is 0 Å². The molecule has 1 aliphatic heterocycles. The van der Waals surface area contributed by atoms with E-state index in [1.165, 1.54) is 0 Å². The molecule has 1 aromatic heterocycles. The second kappa shape index (κ2) is 13.0. The van der Waals surface area contributed by atoms with Gasteiger partial charge in [0.2, 0.25) is 0 Å². The van der Waals surface area contributed by atoms with Crippen molar-refractivity contribution in [1.29, 1.82) is 0 Å². The maximum absolute atomic E-state index is 14.6. The third-order valence-electron chi connectivity index (χ3n) is 5.98. The van der Waals surface area contributed by atoms with Crippen molar-refractivity contribution in [1.82, 2.24) is 29.9 Å². The van der Waals surface area contributed by atoms with Crippen molar-refractivity contribution >= 4 is 23.3 Å². The molecule has 1 aromatic carbocycles. The van der Waals surface area contributed by atoms with Crippen LogP contribution in [0, 0.1) is 11.6 Å². The number of aromatic nitrogens is 3. The number of allylic oxidation sites excluding steroid dienone is 2. The highest BCUT2D eigenvalue weighted by Crippen LogP contribution is 2.26. The van der Waals surface area contributed by atoms with E-state index in [-0.39, 0.29) is 17.1 Å². The first-order chi connectivity index (χ1) is 17.3. The highest BCUT2D eigenvalue weighted by Gasteiger charge is 2.26. The zero-order chi connectivity index (χ0) is 26.2. The van der Waals surface area contributed by atoms with Gasteiger partial charge in [0, 0.05) is 25.2 Å². The van der Waals surface area contributed by atoms with Crippen molar-refractivity contribution in [2.24, 2.45) is 4.99 Å². The lowest BCUT2D eigenvalue weighted by Crippen LogP contribution is -2.46. The van der Waals surface area contributed by atoms with Gasteiger partial charge in [-0.25, -0.2) is 13.8 Å². The van der Waals surface area contributed by atoms with Crippen LogP contribution in [0.15, 0.2) is 40.8 Å². The van der Waals surface area contributed by atoms with Crippen molar-refractivity contribution in [2.75, 3.05) is 26.2 Å². The third-order valence-corrected chi connectivity index (χ3v) is 6.39. The number of nitrogens with zero attached hydrogens (tertiary/aromatic N) is 6. The van der Waals surface area contributed by atoms with E-state index in [1.54, 1.807) is 6.33 Å². The van der Waals surface area contributed by atoms with Crippen LogP contribution >= 0.6 is 11.6 Å². The second-order valence-corrected chi connectivity index (χ2v) is 9.40. The number of hydrogen-bond donors (Lipinski definition) is 1. The van der Waals surface area contributed by atoms with Crippen LogP contribution in [0.1, 0.15) is 58.8 Å². The van der Waals surface area contributed by atoms with Crippen molar-refractivity contribution < 1.29 is 8.78 Å². The molecule has 1 saturated heterocycles. The molecule has 0 atom stereocenters. The molecule has 0 saturated carbocycles. The Labute approximate surface area is 217 Å². The first kappa shape index (κ1) is 27.8. The van der Waals surface area contributed by atoms with Crippen LogP contribution in [0.25, 0.3) is 5.82 Å². The molecule has 2 heterocycles. The molecule has 1 fully saturated rings. The molecule has 10 heteroatoms. The van der Waals surface area contributed by atoms with E-state index in [2.05, 4.69) is 34.3 Å². The monoisotopic (exact) mass is 519 g/mol. The van der Waals surface area contributed by atoms with Gasteiger partial charge in [-0.05, 0) is 70.5 Å². The molecule has 7 nitrogen and oxygen atoms in total. The summed E-state index contributed by atoms with van der Waals surface area (Å²) in [6.45, 7) is 14.1. The smallest absolute Gasteiger partial charge is 0.154 e. The Bertz CT molecular complexity index is 1130. The lowest BCUT2D eigenvalue weighted by molar-refractivity contribution is 0.258. The SMILES string of the molecule is C/C=C(\N=C1C(=C(C)C)NCCN1Cc1c(F)ccc(F)c1Cl)n1cnnc1CN(CCC)CCC. The average molecular weight is 520 g/mol.